The van der Waals surface area contributed by atoms with Gasteiger partial charge in [-0.25, -0.2) is 0 Å². The fourth-order valence-electron chi connectivity index (χ4n) is 0.517. The summed E-state index contributed by atoms with van der Waals surface area (Å²) in [4.78, 5) is 21.7. The van der Waals surface area contributed by atoms with Crippen molar-refractivity contribution in [3.05, 3.63) is 12.2 Å². The molecule has 12 heavy (non-hydrogen) atoms. The van der Waals surface area contributed by atoms with Gasteiger partial charge in [-0.3, -0.25) is 9.59 Å². The molecule has 0 aliphatic rings. The maximum Gasteiger partial charge on any atom is 0.316 e. The van der Waals surface area contributed by atoms with Crippen LogP contribution in [0.2, 0.25) is 0 Å². The zero-order valence-corrected chi connectivity index (χ0v) is 7.66. The summed E-state index contributed by atoms with van der Waals surface area (Å²) in [6.45, 7) is 5.00. The van der Waals surface area contributed by atoms with Crippen molar-refractivity contribution in [3.8, 4) is 0 Å². The van der Waals surface area contributed by atoms with Gasteiger partial charge in [0.1, 0.15) is 18.3 Å². The molecule has 3 nitrogen and oxygen atoms in total. The molecule has 0 aliphatic heterocycles. The van der Waals surface area contributed by atoms with Crippen molar-refractivity contribution in [1.29, 1.82) is 0 Å². The fourth-order valence-corrected chi connectivity index (χ4v) is 0.517. The number of hydrogen-bond donors (Lipinski definition) is 0. The van der Waals surface area contributed by atoms with Gasteiger partial charge in [0.25, 0.3) is 0 Å². The molecule has 1 atom stereocenters. The van der Waals surface area contributed by atoms with Gasteiger partial charge in [0.15, 0.2) is 0 Å². The van der Waals surface area contributed by atoms with Crippen molar-refractivity contribution in [1.82, 2.24) is 0 Å². The Morgan fingerprint density at radius 1 is 1.50 bits per heavy atom. The first kappa shape index (κ1) is 10.9. The van der Waals surface area contributed by atoms with Gasteiger partial charge in [0.05, 0.1) is 0 Å². The number of Topliss-reactive ketones (excluding diaryl/α,β-unsaturated/α-hetero) is 1. The van der Waals surface area contributed by atoms with Gasteiger partial charge in [-0.15, -0.1) is 0 Å². The summed E-state index contributed by atoms with van der Waals surface area (Å²) in [5.74, 6) is -1.27. The average molecular weight is 170 g/mol. The standard InChI is InChI=1S/C9H14O3/c1-4-5-6-12-9(11)7(2)8(3)10/h4-5,7H,6H2,1-3H3/b5-4+. The van der Waals surface area contributed by atoms with Crippen LogP contribution in [0.5, 0.6) is 0 Å². The monoisotopic (exact) mass is 170 g/mol. The highest BCUT2D eigenvalue weighted by Crippen LogP contribution is 1.99. The van der Waals surface area contributed by atoms with Crippen LogP contribution in [0, 0.1) is 5.92 Å². The third-order valence-electron chi connectivity index (χ3n) is 1.52. The van der Waals surface area contributed by atoms with Gasteiger partial charge >= 0.3 is 5.97 Å². The Morgan fingerprint density at radius 2 is 2.08 bits per heavy atom. The van der Waals surface area contributed by atoms with Gasteiger partial charge in [-0.05, 0) is 20.8 Å². The number of carbonyl (C=O) groups is 2. The Morgan fingerprint density at radius 3 is 2.50 bits per heavy atom. The molecule has 1 unspecified atom stereocenters. The quantitative estimate of drug-likeness (QED) is 0.363. The molecular formula is C9H14O3. The Balaban J connectivity index is 3.80. The highest BCUT2D eigenvalue weighted by molar-refractivity contribution is 5.97. The Hall–Kier alpha value is -1.12. The molecule has 0 saturated heterocycles. The van der Waals surface area contributed by atoms with Crippen molar-refractivity contribution < 1.29 is 14.3 Å². The first-order chi connectivity index (χ1) is 5.59. The van der Waals surface area contributed by atoms with E-state index in [1.807, 2.05) is 6.92 Å². The van der Waals surface area contributed by atoms with E-state index in [-0.39, 0.29) is 12.4 Å². The maximum atomic E-state index is 11.0. The van der Waals surface area contributed by atoms with E-state index in [1.54, 1.807) is 19.1 Å². The van der Waals surface area contributed by atoms with Crippen molar-refractivity contribution in [2.24, 2.45) is 5.92 Å². The van der Waals surface area contributed by atoms with E-state index < -0.39 is 11.9 Å². The van der Waals surface area contributed by atoms with Crippen LogP contribution in [-0.4, -0.2) is 18.4 Å². The van der Waals surface area contributed by atoms with Gasteiger partial charge in [0, 0.05) is 0 Å². The summed E-state index contributed by atoms with van der Waals surface area (Å²) >= 11 is 0. The largest absolute Gasteiger partial charge is 0.461 e. The van der Waals surface area contributed by atoms with E-state index in [4.69, 9.17) is 4.74 Å². The van der Waals surface area contributed by atoms with Crippen molar-refractivity contribution in [2.75, 3.05) is 6.61 Å². The molecule has 0 amide bonds. The Kier molecular flexibility index (Phi) is 5.00. The second-order valence-electron chi connectivity index (χ2n) is 2.53. The van der Waals surface area contributed by atoms with Crippen molar-refractivity contribution in [2.45, 2.75) is 20.8 Å². The molecule has 68 valence electrons. The van der Waals surface area contributed by atoms with E-state index in [9.17, 15) is 9.59 Å². The Bertz CT molecular complexity index is 194. The molecule has 0 heterocycles. The average Bonchev–Trinajstić information content (AvgIpc) is 2.03. The SMILES string of the molecule is C/C=C/COC(=O)C(C)C(C)=O. The predicted octanol–water partition coefficient (Wildman–Crippen LogP) is 1.33. The van der Waals surface area contributed by atoms with E-state index in [2.05, 4.69) is 0 Å². The maximum absolute atomic E-state index is 11.0. The lowest BCUT2D eigenvalue weighted by molar-refractivity contribution is -0.149. The molecular weight excluding hydrogens is 156 g/mol. The van der Waals surface area contributed by atoms with E-state index >= 15 is 0 Å². The molecule has 0 bridgehead atoms. The van der Waals surface area contributed by atoms with Gasteiger partial charge in [0.2, 0.25) is 0 Å². The van der Waals surface area contributed by atoms with Crippen LogP contribution in [0.1, 0.15) is 20.8 Å². The van der Waals surface area contributed by atoms with Crippen LogP contribution in [-0.2, 0) is 14.3 Å². The lowest BCUT2D eigenvalue weighted by Crippen LogP contribution is -2.21. The molecule has 0 fully saturated rings. The molecule has 3 heteroatoms. The second kappa shape index (κ2) is 5.52. The van der Waals surface area contributed by atoms with E-state index in [0.717, 1.165) is 0 Å². The molecule has 0 aromatic heterocycles. The zero-order valence-electron chi connectivity index (χ0n) is 7.66. The summed E-state index contributed by atoms with van der Waals surface area (Å²) in [6, 6.07) is 0. The summed E-state index contributed by atoms with van der Waals surface area (Å²) in [5.41, 5.74) is 0. The minimum Gasteiger partial charge on any atom is -0.461 e. The molecule has 0 radical (unpaired) electrons. The highest BCUT2D eigenvalue weighted by Gasteiger charge is 2.17. The summed E-state index contributed by atoms with van der Waals surface area (Å²) < 4.78 is 4.76. The fraction of sp³-hybridized carbons (Fsp3) is 0.556. The molecule has 0 aliphatic carbocycles. The number of allylic oxidation sites excluding steroid dienone is 1. The zero-order chi connectivity index (χ0) is 9.56. The summed E-state index contributed by atoms with van der Waals surface area (Å²) in [7, 11) is 0. The molecule has 0 rings (SSSR count). The molecule has 0 saturated carbocycles. The third kappa shape index (κ3) is 3.91. The topological polar surface area (TPSA) is 43.4 Å². The number of hydrogen-bond acceptors (Lipinski definition) is 3. The summed E-state index contributed by atoms with van der Waals surface area (Å²) in [5, 5.41) is 0. The normalized spacial score (nSPS) is 12.9. The number of ketones is 1. The van der Waals surface area contributed by atoms with Crippen LogP contribution in [0.4, 0.5) is 0 Å². The van der Waals surface area contributed by atoms with Crippen molar-refractivity contribution in [3.63, 3.8) is 0 Å². The minimum atomic E-state index is -0.643. The molecule has 0 spiro atoms. The number of rotatable bonds is 4. The lowest BCUT2D eigenvalue weighted by Gasteiger charge is -2.05. The first-order valence-electron chi connectivity index (χ1n) is 3.87. The lowest BCUT2D eigenvalue weighted by atomic mass is 10.1. The molecule has 0 aromatic carbocycles. The summed E-state index contributed by atoms with van der Waals surface area (Å²) in [6.07, 6.45) is 3.50. The highest BCUT2D eigenvalue weighted by atomic mass is 16.5. The van der Waals surface area contributed by atoms with Gasteiger partial charge < -0.3 is 4.74 Å². The van der Waals surface area contributed by atoms with Crippen molar-refractivity contribution >= 4 is 11.8 Å². The third-order valence-corrected chi connectivity index (χ3v) is 1.52. The molecule has 0 N–H and O–H groups in total. The Labute approximate surface area is 72.4 Å². The van der Waals surface area contributed by atoms with E-state index in [0.29, 0.717) is 0 Å². The second-order valence-corrected chi connectivity index (χ2v) is 2.53. The van der Waals surface area contributed by atoms with E-state index in [1.165, 1.54) is 6.92 Å². The van der Waals surface area contributed by atoms with Gasteiger partial charge in [-0.1, -0.05) is 12.2 Å². The van der Waals surface area contributed by atoms with Crippen LogP contribution in [0.3, 0.4) is 0 Å². The number of ether oxygens (including phenoxy) is 1. The smallest absolute Gasteiger partial charge is 0.316 e. The first-order valence-corrected chi connectivity index (χ1v) is 3.87. The van der Waals surface area contributed by atoms with Crippen LogP contribution < -0.4 is 0 Å². The van der Waals surface area contributed by atoms with Crippen LogP contribution >= 0.6 is 0 Å². The number of esters is 1. The van der Waals surface area contributed by atoms with Gasteiger partial charge in [-0.2, -0.15) is 0 Å². The molecule has 0 aromatic rings. The van der Waals surface area contributed by atoms with Crippen LogP contribution in [0.25, 0.3) is 0 Å². The number of carbonyl (C=O) groups excluding carboxylic acids is 2. The minimum absolute atomic E-state index is 0.166. The van der Waals surface area contributed by atoms with Crippen LogP contribution in [0.15, 0.2) is 12.2 Å². The predicted molar refractivity (Wildman–Crippen MR) is 45.6 cm³/mol.